The molecule has 1 saturated heterocycles. The van der Waals surface area contributed by atoms with E-state index < -0.39 is 0 Å². The van der Waals surface area contributed by atoms with Crippen LogP contribution in [0.25, 0.3) is 22.3 Å². The number of hydrogen-bond acceptors (Lipinski definition) is 4. The number of amidine groups is 1. The molecule has 214 valence electrons. The van der Waals surface area contributed by atoms with E-state index in [9.17, 15) is 5.11 Å². The van der Waals surface area contributed by atoms with E-state index in [-0.39, 0.29) is 11.9 Å². The maximum absolute atomic E-state index is 10.5. The third-order valence-electron chi connectivity index (χ3n) is 7.79. The molecular weight excluding hydrogens is 540 g/mol. The largest absolute Gasteiger partial charge is 0.507 e. The summed E-state index contributed by atoms with van der Waals surface area (Å²) in [5.74, 6) is 1.16. The third-order valence-corrected chi connectivity index (χ3v) is 7.79. The average Bonchev–Trinajstić information content (AvgIpc) is 3.88. The number of hydrazine groups is 1. The number of rotatable bonds is 8. The van der Waals surface area contributed by atoms with E-state index in [0.29, 0.717) is 6.54 Å². The molecular formula is C39H32N4O. The van der Waals surface area contributed by atoms with E-state index in [2.05, 4.69) is 107 Å². The van der Waals surface area contributed by atoms with Gasteiger partial charge in [-0.3, -0.25) is 10.0 Å². The topological polar surface area (TPSA) is 69.6 Å². The Morgan fingerprint density at radius 3 is 2.05 bits per heavy atom. The molecule has 6 aromatic carbocycles. The highest BCUT2D eigenvalue weighted by Gasteiger charge is 2.38. The molecule has 1 unspecified atom stereocenters. The van der Waals surface area contributed by atoms with Crippen molar-refractivity contribution in [2.75, 3.05) is 5.32 Å². The van der Waals surface area contributed by atoms with Crippen molar-refractivity contribution in [1.82, 2.24) is 10.4 Å². The van der Waals surface area contributed by atoms with Gasteiger partial charge in [0.1, 0.15) is 17.8 Å². The van der Waals surface area contributed by atoms with Crippen LogP contribution < -0.4 is 10.7 Å². The molecule has 0 bridgehead atoms. The highest BCUT2D eigenvalue weighted by Crippen LogP contribution is 2.37. The number of aliphatic imine (C=N–C) groups is 1. The standard InChI is InChI=1S/C39H32N4O/c44-37-19-11-10-18-35(37)32-22-25-34(29-14-6-2-7-15-29)36(26-32)41-33-23-20-31(21-24-33)38(40-27-28-12-4-1-5-13-28)43-39(42-43)30-16-8-3-9-17-30/h1-26,39,41-42,44H,27H2/b40-38-. The Balaban J connectivity index is 1.20. The van der Waals surface area contributed by atoms with Crippen molar-refractivity contribution >= 4 is 17.2 Å². The smallest absolute Gasteiger partial charge is 0.147 e. The lowest BCUT2D eigenvalue weighted by Crippen LogP contribution is -2.16. The molecule has 1 aliphatic rings. The second-order valence-corrected chi connectivity index (χ2v) is 10.8. The predicted octanol–water partition coefficient (Wildman–Crippen LogP) is 8.94. The maximum Gasteiger partial charge on any atom is 0.147 e. The van der Waals surface area contributed by atoms with Crippen LogP contribution in [0.3, 0.4) is 0 Å². The van der Waals surface area contributed by atoms with Crippen molar-refractivity contribution in [2.45, 2.75) is 12.7 Å². The lowest BCUT2D eigenvalue weighted by Gasteiger charge is -2.16. The van der Waals surface area contributed by atoms with Gasteiger partial charge in [-0.15, -0.1) is 0 Å². The molecule has 1 fully saturated rings. The van der Waals surface area contributed by atoms with E-state index in [0.717, 1.165) is 45.0 Å². The first kappa shape index (κ1) is 27.2. The highest BCUT2D eigenvalue weighted by molar-refractivity contribution is 6.00. The number of para-hydroxylation sites is 1. The summed E-state index contributed by atoms with van der Waals surface area (Å²) in [6.45, 7) is 0.593. The Bertz CT molecular complexity index is 1890. The minimum atomic E-state index is 0.0918. The van der Waals surface area contributed by atoms with Crippen molar-refractivity contribution in [3.8, 4) is 28.0 Å². The zero-order valence-corrected chi connectivity index (χ0v) is 24.1. The van der Waals surface area contributed by atoms with Gasteiger partial charge in [-0.25, -0.2) is 5.43 Å². The maximum atomic E-state index is 10.5. The van der Waals surface area contributed by atoms with Gasteiger partial charge in [0.05, 0.1) is 6.54 Å². The fraction of sp³-hybridized carbons (Fsp3) is 0.0513. The van der Waals surface area contributed by atoms with Crippen molar-refractivity contribution in [1.29, 1.82) is 0 Å². The Kier molecular flexibility index (Phi) is 7.60. The quantitative estimate of drug-likeness (QED) is 0.0967. The Hall–Kier alpha value is -5.65. The summed E-state index contributed by atoms with van der Waals surface area (Å²) < 4.78 is 0. The van der Waals surface area contributed by atoms with Crippen molar-refractivity contribution in [3.63, 3.8) is 0 Å². The fourth-order valence-electron chi connectivity index (χ4n) is 5.46. The van der Waals surface area contributed by atoms with Gasteiger partial charge in [0, 0.05) is 28.1 Å². The van der Waals surface area contributed by atoms with Crippen LogP contribution in [0, 0.1) is 0 Å². The molecule has 6 aromatic rings. The molecule has 0 amide bonds. The highest BCUT2D eigenvalue weighted by atomic mass is 16.3. The molecule has 7 rings (SSSR count). The molecule has 1 atom stereocenters. The third kappa shape index (κ3) is 5.95. The van der Waals surface area contributed by atoms with Crippen molar-refractivity contribution in [2.24, 2.45) is 4.99 Å². The molecule has 5 nitrogen and oxygen atoms in total. The van der Waals surface area contributed by atoms with Gasteiger partial charge in [0.25, 0.3) is 0 Å². The number of phenolic OH excluding ortho intramolecular Hbond substituents is 1. The summed E-state index contributed by atoms with van der Waals surface area (Å²) in [5, 5.41) is 16.3. The lowest BCUT2D eigenvalue weighted by molar-refractivity contribution is 0.477. The van der Waals surface area contributed by atoms with Gasteiger partial charge < -0.3 is 10.4 Å². The van der Waals surface area contributed by atoms with Crippen LogP contribution in [0.2, 0.25) is 0 Å². The first-order valence-corrected chi connectivity index (χ1v) is 14.8. The fourth-order valence-corrected chi connectivity index (χ4v) is 5.46. The average molecular weight is 573 g/mol. The van der Waals surface area contributed by atoms with E-state index in [4.69, 9.17) is 4.99 Å². The molecule has 0 radical (unpaired) electrons. The summed E-state index contributed by atoms with van der Waals surface area (Å²) in [7, 11) is 0. The Labute approximate surface area is 257 Å². The van der Waals surface area contributed by atoms with Crippen LogP contribution in [-0.2, 0) is 6.54 Å². The zero-order valence-electron chi connectivity index (χ0n) is 24.1. The first-order chi connectivity index (χ1) is 21.7. The van der Waals surface area contributed by atoms with Gasteiger partial charge in [0.2, 0.25) is 0 Å². The number of aromatic hydroxyl groups is 1. The number of nitrogens with zero attached hydrogens (tertiary/aromatic N) is 2. The molecule has 3 N–H and O–H groups in total. The van der Waals surface area contributed by atoms with E-state index in [1.165, 1.54) is 11.1 Å². The summed E-state index contributed by atoms with van der Waals surface area (Å²) in [4.78, 5) is 5.06. The molecule has 1 aliphatic heterocycles. The van der Waals surface area contributed by atoms with Crippen molar-refractivity contribution < 1.29 is 5.11 Å². The minimum Gasteiger partial charge on any atom is -0.507 e. The van der Waals surface area contributed by atoms with E-state index in [1.807, 2.05) is 60.7 Å². The van der Waals surface area contributed by atoms with Gasteiger partial charge >= 0.3 is 0 Å². The van der Waals surface area contributed by atoms with Crippen LogP contribution >= 0.6 is 0 Å². The Morgan fingerprint density at radius 1 is 0.659 bits per heavy atom. The first-order valence-electron chi connectivity index (χ1n) is 14.8. The minimum absolute atomic E-state index is 0.0918. The summed E-state index contributed by atoms with van der Waals surface area (Å²) >= 11 is 0. The van der Waals surface area contributed by atoms with Gasteiger partial charge in [-0.1, -0.05) is 121 Å². The summed E-state index contributed by atoms with van der Waals surface area (Å²) in [5.41, 5.74) is 12.7. The zero-order chi connectivity index (χ0) is 29.7. The molecule has 0 saturated carbocycles. The second-order valence-electron chi connectivity index (χ2n) is 10.8. The normalized spacial score (nSPS) is 14.3. The SMILES string of the molecule is Oc1ccccc1-c1ccc(-c2ccccc2)c(Nc2ccc(/C(=N/Cc3ccccc3)N3NC3c3ccccc3)cc2)c1. The van der Waals surface area contributed by atoms with Gasteiger partial charge in [-0.05, 0) is 58.7 Å². The van der Waals surface area contributed by atoms with Gasteiger partial charge in [-0.2, -0.15) is 0 Å². The number of anilines is 2. The van der Waals surface area contributed by atoms with Crippen molar-refractivity contribution in [3.05, 3.63) is 174 Å². The summed E-state index contributed by atoms with van der Waals surface area (Å²) in [6.07, 6.45) is 0.0918. The molecule has 0 aliphatic carbocycles. The van der Waals surface area contributed by atoms with Crippen LogP contribution in [-0.4, -0.2) is 16.0 Å². The molecule has 5 heteroatoms. The van der Waals surface area contributed by atoms with Crippen LogP contribution in [0.4, 0.5) is 11.4 Å². The number of nitrogens with one attached hydrogen (secondary N) is 2. The van der Waals surface area contributed by atoms with E-state index >= 15 is 0 Å². The summed E-state index contributed by atoms with van der Waals surface area (Å²) in [6, 6.07) is 53.2. The molecule has 44 heavy (non-hydrogen) atoms. The molecule has 1 heterocycles. The van der Waals surface area contributed by atoms with Gasteiger partial charge in [0.15, 0.2) is 0 Å². The monoisotopic (exact) mass is 572 g/mol. The Morgan fingerprint density at radius 2 is 1.32 bits per heavy atom. The van der Waals surface area contributed by atoms with Crippen LogP contribution in [0.15, 0.2) is 163 Å². The lowest BCUT2D eigenvalue weighted by atomic mass is 9.97. The number of benzene rings is 6. The molecule has 0 spiro atoms. The number of phenols is 1. The second kappa shape index (κ2) is 12.3. The number of hydrogen-bond donors (Lipinski definition) is 3. The van der Waals surface area contributed by atoms with Crippen LogP contribution in [0.5, 0.6) is 5.75 Å². The van der Waals surface area contributed by atoms with E-state index in [1.54, 1.807) is 6.07 Å². The molecule has 0 aromatic heterocycles. The van der Waals surface area contributed by atoms with Crippen LogP contribution in [0.1, 0.15) is 22.9 Å². The predicted molar refractivity (Wildman–Crippen MR) is 180 cm³/mol.